The first-order valence-corrected chi connectivity index (χ1v) is 10.2. The number of aliphatic hydroxyl groups is 2. The second-order valence-corrected chi connectivity index (χ2v) is 7.64. The summed E-state index contributed by atoms with van der Waals surface area (Å²) in [6, 6.07) is 17.1. The molecule has 0 unspecified atom stereocenters. The van der Waals surface area contributed by atoms with Gasteiger partial charge < -0.3 is 19.7 Å². The highest BCUT2D eigenvalue weighted by atomic mass is 16.5. The van der Waals surface area contributed by atoms with Crippen molar-refractivity contribution in [3.63, 3.8) is 0 Å². The Bertz CT molecular complexity index is 1020. The van der Waals surface area contributed by atoms with Crippen molar-refractivity contribution in [3.8, 4) is 22.6 Å². The fourth-order valence-electron chi connectivity index (χ4n) is 3.59. The van der Waals surface area contributed by atoms with Gasteiger partial charge in [-0.2, -0.15) is 0 Å². The number of aldehydes is 1. The van der Waals surface area contributed by atoms with E-state index in [-0.39, 0.29) is 13.2 Å². The van der Waals surface area contributed by atoms with Gasteiger partial charge in [-0.05, 0) is 90.6 Å². The van der Waals surface area contributed by atoms with Gasteiger partial charge in [0.15, 0.2) is 0 Å². The summed E-state index contributed by atoms with van der Waals surface area (Å²) >= 11 is 0. The number of carbonyl (C=O) groups is 1. The summed E-state index contributed by atoms with van der Waals surface area (Å²) in [7, 11) is 0. The molecule has 5 heteroatoms. The van der Waals surface area contributed by atoms with E-state index in [1.807, 2.05) is 32.0 Å². The van der Waals surface area contributed by atoms with Crippen LogP contribution in [0.2, 0.25) is 0 Å². The molecular formula is C26H28O5. The molecule has 0 spiro atoms. The highest BCUT2D eigenvalue weighted by Crippen LogP contribution is 2.34. The van der Waals surface area contributed by atoms with Gasteiger partial charge in [-0.15, -0.1) is 0 Å². The molecule has 162 valence electrons. The maximum absolute atomic E-state index is 10.8. The molecule has 3 rings (SSSR count). The van der Waals surface area contributed by atoms with E-state index in [1.165, 1.54) is 0 Å². The summed E-state index contributed by atoms with van der Waals surface area (Å²) in [4.78, 5) is 10.8. The van der Waals surface area contributed by atoms with E-state index in [4.69, 9.17) is 14.6 Å². The summed E-state index contributed by atoms with van der Waals surface area (Å²) in [6.07, 6.45) is -0.0819. The van der Waals surface area contributed by atoms with E-state index in [1.54, 1.807) is 24.3 Å². The van der Waals surface area contributed by atoms with Gasteiger partial charge in [-0.3, -0.25) is 4.79 Å². The maximum Gasteiger partial charge on any atom is 0.150 e. The summed E-state index contributed by atoms with van der Waals surface area (Å²) < 4.78 is 11.5. The van der Waals surface area contributed by atoms with Crippen molar-refractivity contribution in [1.82, 2.24) is 0 Å². The van der Waals surface area contributed by atoms with Crippen LogP contribution >= 0.6 is 0 Å². The largest absolute Gasteiger partial charge is 0.491 e. The predicted octanol–water partition coefficient (Wildman–Crippen LogP) is 4.40. The van der Waals surface area contributed by atoms with E-state index >= 15 is 0 Å². The topological polar surface area (TPSA) is 76.0 Å². The SMILES string of the molecule is Cc1cc(OC[C@H](O)CO)cc(C)c1-c1cccc(COc2ccc(C=O)cc2)c1C. The van der Waals surface area contributed by atoms with Gasteiger partial charge in [0.2, 0.25) is 0 Å². The molecule has 31 heavy (non-hydrogen) atoms. The quantitative estimate of drug-likeness (QED) is 0.502. The van der Waals surface area contributed by atoms with Gasteiger partial charge in [0.05, 0.1) is 6.61 Å². The van der Waals surface area contributed by atoms with Gasteiger partial charge in [-0.1, -0.05) is 18.2 Å². The van der Waals surface area contributed by atoms with Crippen LogP contribution in [-0.2, 0) is 6.61 Å². The van der Waals surface area contributed by atoms with Crippen LogP contribution in [0.5, 0.6) is 11.5 Å². The first kappa shape index (κ1) is 22.5. The number of aryl methyl sites for hydroxylation is 2. The lowest BCUT2D eigenvalue weighted by Crippen LogP contribution is -2.21. The zero-order chi connectivity index (χ0) is 22.4. The van der Waals surface area contributed by atoms with Crippen molar-refractivity contribution in [3.05, 3.63) is 82.4 Å². The second-order valence-electron chi connectivity index (χ2n) is 7.64. The van der Waals surface area contributed by atoms with Crippen molar-refractivity contribution >= 4 is 6.29 Å². The van der Waals surface area contributed by atoms with Gasteiger partial charge in [0.25, 0.3) is 0 Å². The first-order chi connectivity index (χ1) is 14.9. The van der Waals surface area contributed by atoms with E-state index in [0.29, 0.717) is 23.7 Å². The fourth-order valence-corrected chi connectivity index (χ4v) is 3.59. The van der Waals surface area contributed by atoms with Crippen molar-refractivity contribution in [2.75, 3.05) is 13.2 Å². The molecule has 0 heterocycles. The normalized spacial score (nSPS) is 11.8. The Morgan fingerprint density at radius 1 is 0.935 bits per heavy atom. The van der Waals surface area contributed by atoms with Crippen LogP contribution in [0.15, 0.2) is 54.6 Å². The highest BCUT2D eigenvalue weighted by molar-refractivity contribution is 5.76. The second kappa shape index (κ2) is 10.2. The standard InChI is InChI=1S/C26H28O5/c1-17-11-24(31-16-22(29)14-28)12-18(2)26(17)25-6-4-5-21(19(25)3)15-30-23-9-7-20(13-27)8-10-23/h4-13,22,28-29H,14-16H2,1-3H3/t22-/m1/s1. The fraction of sp³-hybridized carbons (Fsp3) is 0.269. The van der Waals surface area contributed by atoms with Crippen molar-refractivity contribution in [2.24, 2.45) is 0 Å². The molecule has 0 saturated heterocycles. The molecule has 0 bridgehead atoms. The van der Waals surface area contributed by atoms with Crippen LogP contribution < -0.4 is 9.47 Å². The number of hydrogen-bond acceptors (Lipinski definition) is 5. The van der Waals surface area contributed by atoms with Crippen molar-refractivity contribution in [2.45, 2.75) is 33.5 Å². The number of ether oxygens (including phenoxy) is 2. The Morgan fingerprint density at radius 3 is 2.23 bits per heavy atom. The summed E-state index contributed by atoms with van der Waals surface area (Å²) in [5.74, 6) is 1.39. The van der Waals surface area contributed by atoms with Crippen molar-refractivity contribution in [1.29, 1.82) is 0 Å². The molecule has 0 aliphatic carbocycles. The van der Waals surface area contributed by atoms with Crippen LogP contribution in [0.3, 0.4) is 0 Å². The van der Waals surface area contributed by atoms with E-state index in [9.17, 15) is 9.90 Å². The Labute approximate surface area is 182 Å². The lowest BCUT2D eigenvalue weighted by atomic mass is 9.90. The molecule has 3 aromatic rings. The number of aliphatic hydroxyl groups excluding tert-OH is 2. The smallest absolute Gasteiger partial charge is 0.150 e. The monoisotopic (exact) mass is 420 g/mol. The van der Waals surface area contributed by atoms with Gasteiger partial charge in [0, 0.05) is 5.56 Å². The van der Waals surface area contributed by atoms with Gasteiger partial charge in [0.1, 0.15) is 37.1 Å². The highest BCUT2D eigenvalue weighted by Gasteiger charge is 2.14. The number of benzene rings is 3. The molecule has 0 aliphatic rings. The summed E-state index contributed by atoms with van der Waals surface area (Å²) in [6.45, 7) is 6.31. The van der Waals surface area contributed by atoms with Crippen molar-refractivity contribution < 1.29 is 24.5 Å². The lowest BCUT2D eigenvalue weighted by Gasteiger charge is -2.18. The Morgan fingerprint density at radius 2 is 1.61 bits per heavy atom. The molecule has 0 fully saturated rings. The van der Waals surface area contributed by atoms with Gasteiger partial charge in [-0.25, -0.2) is 0 Å². The number of rotatable bonds is 9. The zero-order valence-electron chi connectivity index (χ0n) is 18.1. The molecule has 0 amide bonds. The van der Waals surface area contributed by atoms with Crippen LogP contribution in [0.25, 0.3) is 11.1 Å². The minimum Gasteiger partial charge on any atom is -0.491 e. The third-order valence-corrected chi connectivity index (χ3v) is 5.29. The number of carbonyl (C=O) groups excluding carboxylic acids is 1. The molecule has 1 atom stereocenters. The average molecular weight is 421 g/mol. The van der Waals surface area contributed by atoms with Crippen LogP contribution in [0.1, 0.15) is 32.6 Å². The van der Waals surface area contributed by atoms with Crippen LogP contribution in [-0.4, -0.2) is 35.8 Å². The van der Waals surface area contributed by atoms with E-state index < -0.39 is 6.10 Å². The van der Waals surface area contributed by atoms with Crippen LogP contribution in [0.4, 0.5) is 0 Å². The summed E-state index contributed by atoms with van der Waals surface area (Å²) in [5.41, 5.74) is 7.26. The molecule has 0 aliphatic heterocycles. The maximum atomic E-state index is 10.8. The third-order valence-electron chi connectivity index (χ3n) is 5.29. The van der Waals surface area contributed by atoms with Crippen LogP contribution in [0, 0.1) is 20.8 Å². The molecule has 5 nitrogen and oxygen atoms in total. The minimum atomic E-state index is -0.895. The van der Waals surface area contributed by atoms with E-state index in [0.717, 1.165) is 39.7 Å². The Kier molecular flexibility index (Phi) is 7.45. The predicted molar refractivity (Wildman–Crippen MR) is 121 cm³/mol. The average Bonchev–Trinajstić information content (AvgIpc) is 2.77. The summed E-state index contributed by atoms with van der Waals surface area (Å²) in [5, 5.41) is 18.5. The Hall–Kier alpha value is -3.15. The molecular weight excluding hydrogens is 392 g/mol. The molecule has 0 radical (unpaired) electrons. The molecule has 2 N–H and O–H groups in total. The third kappa shape index (κ3) is 5.51. The van der Waals surface area contributed by atoms with Gasteiger partial charge >= 0.3 is 0 Å². The molecule has 3 aromatic carbocycles. The minimum absolute atomic E-state index is 0.0500. The molecule has 0 aromatic heterocycles. The lowest BCUT2D eigenvalue weighted by molar-refractivity contribution is 0.0536. The zero-order valence-corrected chi connectivity index (χ0v) is 18.1. The van der Waals surface area contributed by atoms with E-state index in [2.05, 4.69) is 19.1 Å². The number of hydrogen-bond donors (Lipinski definition) is 2. The Balaban J connectivity index is 1.82. The first-order valence-electron chi connectivity index (χ1n) is 10.2. The molecule has 0 saturated carbocycles.